The zero-order valence-electron chi connectivity index (χ0n) is 14.3. The van der Waals surface area contributed by atoms with E-state index < -0.39 is 5.60 Å². The van der Waals surface area contributed by atoms with Crippen molar-refractivity contribution in [1.82, 2.24) is 9.55 Å². The van der Waals surface area contributed by atoms with Gasteiger partial charge in [0.2, 0.25) is 5.91 Å². The van der Waals surface area contributed by atoms with Crippen LogP contribution < -0.4 is 5.32 Å². The first kappa shape index (κ1) is 16.9. The maximum atomic E-state index is 12.4. The normalized spacial score (nSPS) is 13.2. The smallest absolute Gasteiger partial charge is 0.227 e. The largest absolute Gasteiger partial charge is 0.385 e. The van der Waals surface area contributed by atoms with Gasteiger partial charge in [-0.15, -0.1) is 0 Å². The fourth-order valence-electron chi connectivity index (χ4n) is 2.80. The molecule has 2 N–H and O–H groups in total. The highest BCUT2D eigenvalue weighted by Gasteiger charge is 2.26. The number of carbonyl (C=O) groups excluding carboxylic acids is 1. The Morgan fingerprint density at radius 2 is 1.96 bits per heavy atom. The van der Waals surface area contributed by atoms with Crippen LogP contribution in [0, 0.1) is 0 Å². The maximum Gasteiger partial charge on any atom is 0.227 e. The van der Waals surface area contributed by atoms with Crippen LogP contribution in [0.25, 0.3) is 11.4 Å². The molecule has 128 valence electrons. The molecule has 0 bridgehead atoms. The van der Waals surface area contributed by atoms with Gasteiger partial charge >= 0.3 is 0 Å². The van der Waals surface area contributed by atoms with Gasteiger partial charge < -0.3 is 15.0 Å². The lowest BCUT2D eigenvalue weighted by Gasteiger charge is -2.23. The van der Waals surface area contributed by atoms with E-state index >= 15 is 0 Å². The zero-order chi connectivity index (χ0) is 17.9. The number of nitrogens with zero attached hydrogens (tertiary/aromatic N) is 2. The summed E-state index contributed by atoms with van der Waals surface area (Å²) >= 11 is 0. The number of anilines is 1. The Bertz CT molecular complexity index is 869. The van der Waals surface area contributed by atoms with Crippen LogP contribution in [0.5, 0.6) is 0 Å². The van der Waals surface area contributed by atoms with Gasteiger partial charge in [-0.25, -0.2) is 4.98 Å². The Morgan fingerprint density at radius 3 is 2.64 bits per heavy atom. The van der Waals surface area contributed by atoms with Crippen LogP contribution in [0.15, 0.2) is 67.0 Å². The van der Waals surface area contributed by atoms with Crippen molar-refractivity contribution in [2.45, 2.75) is 18.9 Å². The van der Waals surface area contributed by atoms with E-state index in [0.717, 1.165) is 11.4 Å². The Labute approximate surface area is 147 Å². The van der Waals surface area contributed by atoms with E-state index in [1.807, 2.05) is 72.4 Å². The van der Waals surface area contributed by atoms with Crippen LogP contribution >= 0.6 is 0 Å². The van der Waals surface area contributed by atoms with Crippen molar-refractivity contribution < 1.29 is 9.90 Å². The molecule has 0 saturated heterocycles. The van der Waals surface area contributed by atoms with Gasteiger partial charge in [0.1, 0.15) is 5.82 Å². The van der Waals surface area contributed by atoms with Crippen molar-refractivity contribution in [2.75, 3.05) is 5.32 Å². The molecule has 5 heteroatoms. The van der Waals surface area contributed by atoms with Gasteiger partial charge in [-0.05, 0) is 24.6 Å². The highest BCUT2D eigenvalue weighted by Crippen LogP contribution is 2.25. The number of hydrogen-bond acceptors (Lipinski definition) is 3. The molecule has 25 heavy (non-hydrogen) atoms. The molecular weight excluding hydrogens is 314 g/mol. The maximum absolute atomic E-state index is 12.4. The molecule has 3 aromatic rings. The monoisotopic (exact) mass is 335 g/mol. The standard InChI is InChI=1S/C20H21N3O2/c1-20(25,16-8-4-3-5-9-16)14-18(24)22-17-10-6-7-15(13-17)19-21-11-12-23(19)2/h3-13,25H,14H2,1-2H3,(H,22,24). The number of imidazole rings is 1. The molecule has 1 aromatic heterocycles. The van der Waals surface area contributed by atoms with Crippen molar-refractivity contribution in [3.05, 3.63) is 72.6 Å². The molecule has 0 radical (unpaired) electrons. The summed E-state index contributed by atoms with van der Waals surface area (Å²) in [4.78, 5) is 16.7. The zero-order valence-corrected chi connectivity index (χ0v) is 14.3. The van der Waals surface area contributed by atoms with Crippen molar-refractivity contribution in [2.24, 2.45) is 7.05 Å². The summed E-state index contributed by atoms with van der Waals surface area (Å²) in [7, 11) is 1.92. The highest BCUT2D eigenvalue weighted by molar-refractivity contribution is 5.92. The SMILES string of the molecule is Cn1ccnc1-c1cccc(NC(=O)CC(C)(O)c2ccccc2)c1. The molecule has 5 nitrogen and oxygen atoms in total. The van der Waals surface area contributed by atoms with E-state index in [1.54, 1.807) is 13.1 Å². The van der Waals surface area contributed by atoms with Gasteiger partial charge in [-0.1, -0.05) is 42.5 Å². The lowest BCUT2D eigenvalue weighted by molar-refractivity contribution is -0.120. The number of rotatable bonds is 5. The van der Waals surface area contributed by atoms with Crippen LogP contribution in [0.4, 0.5) is 5.69 Å². The minimum atomic E-state index is -1.22. The number of benzene rings is 2. The summed E-state index contributed by atoms with van der Waals surface area (Å²) in [5, 5.41) is 13.5. The van der Waals surface area contributed by atoms with E-state index in [-0.39, 0.29) is 12.3 Å². The van der Waals surface area contributed by atoms with Crippen LogP contribution in [0.1, 0.15) is 18.9 Å². The summed E-state index contributed by atoms with van der Waals surface area (Å²) in [6.07, 6.45) is 3.58. The second kappa shape index (κ2) is 6.91. The number of amides is 1. The van der Waals surface area contributed by atoms with E-state index in [2.05, 4.69) is 10.3 Å². The Morgan fingerprint density at radius 1 is 1.20 bits per heavy atom. The second-order valence-electron chi connectivity index (χ2n) is 6.31. The summed E-state index contributed by atoms with van der Waals surface area (Å²) in [6, 6.07) is 16.7. The number of aliphatic hydroxyl groups is 1. The van der Waals surface area contributed by atoms with E-state index in [4.69, 9.17) is 0 Å². The molecule has 1 amide bonds. The minimum absolute atomic E-state index is 0.0242. The molecule has 0 aliphatic rings. The van der Waals surface area contributed by atoms with E-state index in [9.17, 15) is 9.90 Å². The topological polar surface area (TPSA) is 67.2 Å². The molecule has 0 saturated carbocycles. The Kier molecular flexibility index (Phi) is 4.67. The van der Waals surface area contributed by atoms with Crippen LogP contribution in [0.2, 0.25) is 0 Å². The number of carbonyl (C=O) groups is 1. The average Bonchev–Trinajstić information content (AvgIpc) is 3.01. The third-order valence-electron chi connectivity index (χ3n) is 4.13. The quantitative estimate of drug-likeness (QED) is 0.751. The minimum Gasteiger partial charge on any atom is -0.385 e. The summed E-state index contributed by atoms with van der Waals surface area (Å²) < 4.78 is 1.92. The van der Waals surface area contributed by atoms with E-state index in [1.165, 1.54) is 0 Å². The summed E-state index contributed by atoms with van der Waals surface area (Å²) in [6.45, 7) is 1.65. The van der Waals surface area contributed by atoms with E-state index in [0.29, 0.717) is 11.3 Å². The third-order valence-corrected chi connectivity index (χ3v) is 4.13. The molecular formula is C20H21N3O2. The van der Waals surface area contributed by atoms with Gasteiger partial charge in [0.15, 0.2) is 0 Å². The molecule has 1 heterocycles. The van der Waals surface area contributed by atoms with Crippen LogP contribution in [0.3, 0.4) is 0 Å². The Hall–Kier alpha value is -2.92. The fourth-order valence-corrected chi connectivity index (χ4v) is 2.80. The molecule has 1 atom stereocenters. The van der Waals surface area contributed by atoms with Crippen LogP contribution in [-0.2, 0) is 17.4 Å². The predicted molar refractivity (Wildman–Crippen MR) is 97.9 cm³/mol. The fraction of sp³-hybridized carbons (Fsp3) is 0.200. The lowest BCUT2D eigenvalue weighted by Crippen LogP contribution is -2.28. The van der Waals surface area contributed by atoms with Gasteiger partial charge in [0.25, 0.3) is 0 Å². The number of nitrogens with one attached hydrogen (secondary N) is 1. The average molecular weight is 335 g/mol. The molecule has 0 fully saturated rings. The molecule has 0 aliphatic carbocycles. The number of hydrogen-bond donors (Lipinski definition) is 2. The Balaban J connectivity index is 1.72. The van der Waals surface area contributed by atoms with Crippen LogP contribution in [-0.4, -0.2) is 20.6 Å². The van der Waals surface area contributed by atoms with Crippen molar-refractivity contribution >= 4 is 11.6 Å². The van der Waals surface area contributed by atoms with Crippen molar-refractivity contribution in [3.8, 4) is 11.4 Å². The molecule has 3 rings (SSSR count). The lowest BCUT2D eigenvalue weighted by atomic mass is 9.92. The molecule has 1 unspecified atom stereocenters. The first-order valence-electron chi connectivity index (χ1n) is 8.11. The molecule has 0 spiro atoms. The van der Waals surface area contributed by atoms with Gasteiger partial charge in [-0.3, -0.25) is 4.79 Å². The second-order valence-corrected chi connectivity index (χ2v) is 6.31. The van der Waals surface area contributed by atoms with Crippen molar-refractivity contribution in [3.63, 3.8) is 0 Å². The molecule has 0 aliphatic heterocycles. The van der Waals surface area contributed by atoms with Gasteiger partial charge in [0, 0.05) is 30.7 Å². The van der Waals surface area contributed by atoms with Gasteiger partial charge in [0.05, 0.1) is 12.0 Å². The van der Waals surface area contributed by atoms with Gasteiger partial charge in [-0.2, -0.15) is 0 Å². The number of aromatic nitrogens is 2. The summed E-state index contributed by atoms with van der Waals surface area (Å²) in [5.41, 5.74) is 1.09. The predicted octanol–water partition coefficient (Wildman–Crippen LogP) is 3.32. The first-order chi connectivity index (χ1) is 12.0. The highest BCUT2D eigenvalue weighted by atomic mass is 16.3. The van der Waals surface area contributed by atoms with Crippen molar-refractivity contribution in [1.29, 1.82) is 0 Å². The molecule has 2 aromatic carbocycles. The summed E-state index contributed by atoms with van der Waals surface area (Å²) in [5.74, 6) is 0.582. The third kappa shape index (κ3) is 3.95. The number of aryl methyl sites for hydroxylation is 1. The first-order valence-corrected chi connectivity index (χ1v) is 8.11.